The minimum absolute atomic E-state index is 0.0628. The number of ether oxygens (including phenoxy) is 1. The highest BCUT2D eigenvalue weighted by atomic mass is 16.5. The van der Waals surface area contributed by atoms with Crippen molar-refractivity contribution in [3.63, 3.8) is 0 Å². The summed E-state index contributed by atoms with van der Waals surface area (Å²) in [5.74, 6) is -0.382. The van der Waals surface area contributed by atoms with E-state index in [1.165, 1.54) is 19.5 Å². The number of aromatic hydroxyl groups is 1. The van der Waals surface area contributed by atoms with E-state index in [2.05, 4.69) is 25.1 Å². The summed E-state index contributed by atoms with van der Waals surface area (Å²) < 4.78 is 6.38. The fourth-order valence-electron chi connectivity index (χ4n) is 2.75. The minimum Gasteiger partial charge on any atom is -0.505 e. The Bertz CT molecular complexity index is 1120. The van der Waals surface area contributed by atoms with Gasteiger partial charge in [0.1, 0.15) is 17.7 Å². The molecule has 2 N–H and O–H groups in total. The van der Waals surface area contributed by atoms with Crippen LogP contribution in [0, 0.1) is 0 Å². The molecule has 2 aromatic heterocycles. The number of phenolic OH excluding ortho intramolecular Hbond substituents is 1. The second-order valence-electron chi connectivity index (χ2n) is 5.67. The van der Waals surface area contributed by atoms with Crippen LogP contribution >= 0.6 is 0 Å². The Kier molecular flexibility index (Phi) is 4.13. The van der Waals surface area contributed by atoms with Crippen molar-refractivity contribution in [2.24, 2.45) is 0 Å². The highest BCUT2D eigenvalue weighted by Crippen LogP contribution is 2.32. The van der Waals surface area contributed by atoms with E-state index in [0.717, 1.165) is 5.69 Å². The lowest BCUT2D eigenvalue weighted by Gasteiger charge is -2.11. The van der Waals surface area contributed by atoms with Crippen LogP contribution in [0.15, 0.2) is 61.1 Å². The first-order valence-electron chi connectivity index (χ1n) is 8.10. The molecular formula is C19H15N5O3. The van der Waals surface area contributed by atoms with Crippen molar-refractivity contribution in [3.05, 3.63) is 66.6 Å². The van der Waals surface area contributed by atoms with E-state index in [4.69, 9.17) is 0 Å². The average Bonchev–Trinajstić information content (AvgIpc) is 3.15. The molecule has 27 heavy (non-hydrogen) atoms. The third-order valence-corrected chi connectivity index (χ3v) is 4.06. The van der Waals surface area contributed by atoms with Gasteiger partial charge in [-0.25, -0.2) is 19.4 Å². The van der Waals surface area contributed by atoms with Gasteiger partial charge in [0.25, 0.3) is 0 Å². The predicted octanol–water partition coefficient (Wildman–Crippen LogP) is 3.05. The second-order valence-corrected chi connectivity index (χ2v) is 5.67. The molecule has 0 saturated heterocycles. The maximum Gasteiger partial charge on any atom is 0.341 e. The lowest BCUT2D eigenvalue weighted by Crippen LogP contribution is -2.04. The number of fused-ring (bicyclic) bond motifs is 1. The SMILES string of the molecule is COC(=O)c1cccc(Nc2ncnc3c2cnn3-c2ccccc2)c1O. The van der Waals surface area contributed by atoms with Crippen molar-refractivity contribution < 1.29 is 14.6 Å². The lowest BCUT2D eigenvalue weighted by atomic mass is 10.1. The number of anilines is 2. The Morgan fingerprint density at radius 2 is 1.93 bits per heavy atom. The van der Waals surface area contributed by atoms with Crippen LogP contribution < -0.4 is 5.32 Å². The van der Waals surface area contributed by atoms with Gasteiger partial charge >= 0.3 is 5.97 Å². The summed E-state index contributed by atoms with van der Waals surface area (Å²) in [6.45, 7) is 0. The van der Waals surface area contributed by atoms with Crippen LogP contribution in [0.3, 0.4) is 0 Å². The van der Waals surface area contributed by atoms with E-state index in [-0.39, 0.29) is 11.3 Å². The molecule has 0 aliphatic rings. The van der Waals surface area contributed by atoms with Crippen LogP contribution in [0.25, 0.3) is 16.7 Å². The van der Waals surface area contributed by atoms with Gasteiger partial charge in [0.05, 0.1) is 30.1 Å². The normalized spacial score (nSPS) is 10.7. The highest BCUT2D eigenvalue weighted by molar-refractivity contribution is 5.96. The van der Waals surface area contributed by atoms with Gasteiger partial charge in [-0.1, -0.05) is 24.3 Å². The molecule has 0 bridgehead atoms. The topological polar surface area (TPSA) is 102 Å². The van der Waals surface area contributed by atoms with E-state index in [1.54, 1.807) is 23.0 Å². The van der Waals surface area contributed by atoms with Crippen LogP contribution in [0.2, 0.25) is 0 Å². The van der Waals surface area contributed by atoms with Crippen LogP contribution in [0.5, 0.6) is 5.75 Å². The van der Waals surface area contributed by atoms with Gasteiger partial charge in [0.2, 0.25) is 0 Å². The first-order valence-corrected chi connectivity index (χ1v) is 8.10. The number of hydrogen-bond donors (Lipinski definition) is 2. The monoisotopic (exact) mass is 361 g/mol. The van der Waals surface area contributed by atoms with E-state index >= 15 is 0 Å². The van der Waals surface area contributed by atoms with Crippen LogP contribution in [0.4, 0.5) is 11.5 Å². The first-order chi connectivity index (χ1) is 13.2. The number of nitrogens with zero attached hydrogens (tertiary/aromatic N) is 4. The molecule has 0 aliphatic heterocycles. The van der Waals surface area contributed by atoms with E-state index in [0.29, 0.717) is 22.5 Å². The van der Waals surface area contributed by atoms with Gasteiger partial charge in [-0.05, 0) is 24.3 Å². The molecule has 0 aliphatic carbocycles. The third kappa shape index (κ3) is 2.93. The smallest absolute Gasteiger partial charge is 0.341 e. The summed E-state index contributed by atoms with van der Waals surface area (Å²) in [6.07, 6.45) is 3.05. The van der Waals surface area contributed by atoms with Crippen molar-refractivity contribution in [2.75, 3.05) is 12.4 Å². The highest BCUT2D eigenvalue weighted by Gasteiger charge is 2.17. The minimum atomic E-state index is -0.624. The number of nitrogens with one attached hydrogen (secondary N) is 1. The quantitative estimate of drug-likeness (QED) is 0.425. The Morgan fingerprint density at radius 1 is 1.11 bits per heavy atom. The van der Waals surface area contributed by atoms with Crippen LogP contribution in [-0.2, 0) is 4.74 Å². The summed E-state index contributed by atoms with van der Waals surface area (Å²) in [4.78, 5) is 20.3. The van der Waals surface area contributed by atoms with Gasteiger partial charge in [-0.15, -0.1) is 0 Å². The molecule has 4 aromatic rings. The summed E-state index contributed by atoms with van der Waals surface area (Å²) in [5.41, 5.74) is 1.87. The maximum absolute atomic E-state index is 11.8. The Balaban J connectivity index is 1.76. The number of aromatic nitrogens is 4. The number of hydrogen-bond acceptors (Lipinski definition) is 7. The molecular weight excluding hydrogens is 346 g/mol. The number of phenols is 1. The van der Waals surface area contributed by atoms with Gasteiger partial charge in [0.15, 0.2) is 11.4 Å². The molecule has 0 fully saturated rings. The molecule has 0 radical (unpaired) electrons. The largest absolute Gasteiger partial charge is 0.505 e. The molecule has 0 saturated carbocycles. The number of rotatable bonds is 4. The molecule has 0 atom stereocenters. The number of para-hydroxylation sites is 2. The number of benzene rings is 2. The molecule has 4 rings (SSSR count). The van der Waals surface area contributed by atoms with Crippen LogP contribution in [-0.4, -0.2) is 37.9 Å². The average molecular weight is 361 g/mol. The predicted molar refractivity (Wildman–Crippen MR) is 99.4 cm³/mol. The van der Waals surface area contributed by atoms with Crippen molar-refractivity contribution in [2.45, 2.75) is 0 Å². The zero-order valence-corrected chi connectivity index (χ0v) is 14.3. The Labute approximate surface area is 154 Å². The van der Waals surface area contributed by atoms with Gasteiger partial charge in [-0.2, -0.15) is 5.10 Å². The molecule has 2 aromatic carbocycles. The zero-order valence-electron chi connectivity index (χ0n) is 14.3. The Morgan fingerprint density at radius 3 is 2.70 bits per heavy atom. The van der Waals surface area contributed by atoms with E-state index in [1.807, 2.05) is 30.3 Å². The molecule has 8 nitrogen and oxygen atoms in total. The molecule has 0 amide bonds. The fraction of sp³-hybridized carbons (Fsp3) is 0.0526. The molecule has 134 valence electrons. The fourth-order valence-corrected chi connectivity index (χ4v) is 2.75. The standard InChI is InChI=1S/C19H15N5O3/c1-27-19(26)13-8-5-9-15(16(13)25)23-17-14-10-22-24(18(14)21-11-20-17)12-6-3-2-4-7-12/h2-11,25H,1H3,(H,20,21,23). The lowest BCUT2D eigenvalue weighted by molar-refractivity contribution is 0.0597. The second kappa shape index (κ2) is 6.75. The first kappa shape index (κ1) is 16.5. The molecule has 0 unspecified atom stereocenters. The van der Waals surface area contributed by atoms with Crippen molar-refractivity contribution in [3.8, 4) is 11.4 Å². The van der Waals surface area contributed by atoms with Crippen LogP contribution in [0.1, 0.15) is 10.4 Å². The maximum atomic E-state index is 11.8. The summed E-state index contributed by atoms with van der Waals surface area (Å²) in [5, 5.41) is 18.5. The van der Waals surface area contributed by atoms with E-state index in [9.17, 15) is 9.90 Å². The van der Waals surface area contributed by atoms with Crippen molar-refractivity contribution in [1.29, 1.82) is 0 Å². The van der Waals surface area contributed by atoms with E-state index < -0.39 is 5.97 Å². The zero-order chi connectivity index (χ0) is 18.8. The molecule has 0 spiro atoms. The van der Waals surface area contributed by atoms with Gasteiger partial charge < -0.3 is 15.2 Å². The summed E-state index contributed by atoms with van der Waals surface area (Å²) in [7, 11) is 1.26. The summed E-state index contributed by atoms with van der Waals surface area (Å²) in [6, 6.07) is 14.4. The number of methoxy groups -OCH3 is 1. The summed E-state index contributed by atoms with van der Waals surface area (Å²) >= 11 is 0. The molecule has 2 heterocycles. The number of carbonyl (C=O) groups is 1. The number of carbonyl (C=O) groups excluding carboxylic acids is 1. The molecule has 8 heteroatoms. The van der Waals surface area contributed by atoms with Crippen molar-refractivity contribution in [1.82, 2.24) is 19.7 Å². The van der Waals surface area contributed by atoms with Gasteiger partial charge in [0, 0.05) is 0 Å². The van der Waals surface area contributed by atoms with Gasteiger partial charge in [-0.3, -0.25) is 0 Å². The Hall–Kier alpha value is -3.94. The van der Waals surface area contributed by atoms with Crippen molar-refractivity contribution >= 4 is 28.5 Å². The number of esters is 1. The third-order valence-electron chi connectivity index (χ3n) is 4.06.